The van der Waals surface area contributed by atoms with Gasteiger partial charge in [-0.1, -0.05) is 22.0 Å². The fourth-order valence-electron chi connectivity index (χ4n) is 2.79. The highest BCUT2D eigenvalue weighted by molar-refractivity contribution is 9.10. The van der Waals surface area contributed by atoms with E-state index in [1.165, 1.54) is 12.8 Å². The summed E-state index contributed by atoms with van der Waals surface area (Å²) in [5, 5.41) is 1.09. The van der Waals surface area contributed by atoms with Crippen LogP contribution in [0.25, 0.3) is 10.9 Å². The minimum atomic E-state index is 0.722. The highest BCUT2D eigenvalue weighted by atomic mass is 79.9. The van der Waals surface area contributed by atoms with E-state index in [1.54, 1.807) is 0 Å². The molecule has 2 heterocycles. The third kappa shape index (κ3) is 1.47. The van der Waals surface area contributed by atoms with Crippen LogP contribution in [0, 0.1) is 5.92 Å². The lowest BCUT2D eigenvalue weighted by molar-refractivity contribution is 0.785. The van der Waals surface area contributed by atoms with Gasteiger partial charge in [-0.25, -0.2) is 9.97 Å². The Bertz CT molecular complexity index is 598. The normalized spacial score (nSPS) is 26.3. The highest BCUT2D eigenvalue weighted by Crippen LogP contribution is 2.45. The number of fused-ring (bicyclic) bond motifs is 2. The minimum absolute atomic E-state index is 0.722. The molecule has 4 rings (SSSR count). The lowest BCUT2D eigenvalue weighted by Gasteiger charge is -2.18. The fraction of sp³-hybridized carbons (Fsp3) is 0.385. The molecule has 1 aromatic carbocycles. The first-order chi connectivity index (χ1) is 8.33. The van der Waals surface area contributed by atoms with Gasteiger partial charge in [0.05, 0.1) is 5.52 Å². The summed E-state index contributed by atoms with van der Waals surface area (Å²) in [7, 11) is 0. The van der Waals surface area contributed by atoms with Gasteiger partial charge in [0.15, 0.2) is 0 Å². The second kappa shape index (κ2) is 3.42. The van der Waals surface area contributed by atoms with Crippen LogP contribution in [0.5, 0.6) is 0 Å². The first kappa shape index (κ1) is 9.83. The third-order valence-electron chi connectivity index (χ3n) is 3.84. The van der Waals surface area contributed by atoms with E-state index < -0.39 is 0 Å². The first-order valence-electron chi connectivity index (χ1n) is 6.01. The van der Waals surface area contributed by atoms with Crippen LogP contribution in [0.15, 0.2) is 28.9 Å². The van der Waals surface area contributed by atoms with Crippen LogP contribution in [0.1, 0.15) is 12.8 Å². The summed E-state index contributed by atoms with van der Waals surface area (Å²) in [5.41, 5.74) is 1.02. The molecule has 0 bridgehead atoms. The number of anilines is 1. The molecule has 0 N–H and O–H groups in total. The van der Waals surface area contributed by atoms with Crippen molar-refractivity contribution in [2.75, 3.05) is 11.4 Å². The number of aromatic nitrogens is 2. The molecular formula is C13H12BrN3. The lowest BCUT2D eigenvalue weighted by atomic mass is 10.2. The second-order valence-corrected chi connectivity index (χ2v) is 5.74. The minimum Gasteiger partial charge on any atom is -0.338 e. The molecule has 0 amide bonds. The van der Waals surface area contributed by atoms with Gasteiger partial charge in [0, 0.05) is 28.6 Å². The van der Waals surface area contributed by atoms with E-state index in [-0.39, 0.29) is 0 Å². The molecule has 2 unspecified atom stereocenters. The summed E-state index contributed by atoms with van der Waals surface area (Å²) < 4.78 is 1.06. The van der Waals surface area contributed by atoms with Gasteiger partial charge in [0.2, 0.25) is 5.95 Å². The summed E-state index contributed by atoms with van der Waals surface area (Å²) >= 11 is 3.53. The molecule has 0 spiro atoms. The number of hydrogen-bond donors (Lipinski definition) is 0. The van der Waals surface area contributed by atoms with Crippen molar-refractivity contribution in [3.05, 3.63) is 28.9 Å². The van der Waals surface area contributed by atoms with Crippen molar-refractivity contribution in [2.24, 2.45) is 5.92 Å². The van der Waals surface area contributed by atoms with Gasteiger partial charge < -0.3 is 4.90 Å². The molecule has 2 aromatic rings. The Morgan fingerprint density at radius 3 is 3.06 bits per heavy atom. The summed E-state index contributed by atoms with van der Waals surface area (Å²) in [6.07, 6.45) is 4.57. The zero-order valence-electron chi connectivity index (χ0n) is 9.31. The average molecular weight is 290 g/mol. The van der Waals surface area contributed by atoms with Gasteiger partial charge >= 0.3 is 0 Å². The van der Waals surface area contributed by atoms with Gasteiger partial charge in [0.1, 0.15) is 0 Å². The van der Waals surface area contributed by atoms with E-state index in [1.807, 2.05) is 24.4 Å². The Hall–Kier alpha value is -1.16. The molecule has 2 fully saturated rings. The molecule has 86 valence electrons. The van der Waals surface area contributed by atoms with Crippen molar-refractivity contribution in [3.63, 3.8) is 0 Å². The fourth-order valence-corrected chi connectivity index (χ4v) is 3.25. The third-order valence-corrected chi connectivity index (χ3v) is 4.53. The van der Waals surface area contributed by atoms with E-state index in [0.29, 0.717) is 0 Å². The number of piperidine rings is 1. The molecule has 1 aromatic heterocycles. The quantitative estimate of drug-likeness (QED) is 0.808. The van der Waals surface area contributed by atoms with Crippen molar-refractivity contribution >= 4 is 32.8 Å². The van der Waals surface area contributed by atoms with Crippen LogP contribution < -0.4 is 4.90 Å². The second-order valence-electron chi connectivity index (χ2n) is 4.89. The maximum atomic E-state index is 4.68. The number of nitrogens with zero attached hydrogens (tertiary/aromatic N) is 3. The van der Waals surface area contributed by atoms with E-state index in [4.69, 9.17) is 0 Å². The van der Waals surface area contributed by atoms with Gasteiger partial charge in [-0.05, 0) is 30.9 Å². The first-order valence-corrected chi connectivity index (χ1v) is 6.80. The molecule has 4 heteroatoms. The zero-order chi connectivity index (χ0) is 11.4. The van der Waals surface area contributed by atoms with Crippen LogP contribution >= 0.6 is 15.9 Å². The van der Waals surface area contributed by atoms with Crippen LogP contribution in [-0.4, -0.2) is 22.6 Å². The van der Waals surface area contributed by atoms with Crippen LogP contribution in [0.4, 0.5) is 5.95 Å². The molecule has 1 saturated carbocycles. The summed E-state index contributed by atoms with van der Waals surface area (Å²) in [4.78, 5) is 11.6. The van der Waals surface area contributed by atoms with Gasteiger partial charge in [-0.2, -0.15) is 0 Å². The monoisotopic (exact) mass is 289 g/mol. The zero-order valence-corrected chi connectivity index (χ0v) is 10.9. The molecule has 3 nitrogen and oxygen atoms in total. The van der Waals surface area contributed by atoms with E-state index in [2.05, 4.69) is 30.8 Å². The van der Waals surface area contributed by atoms with E-state index in [0.717, 1.165) is 39.8 Å². The average Bonchev–Trinajstić information content (AvgIpc) is 3.01. The Balaban J connectivity index is 1.82. The molecule has 1 aliphatic heterocycles. The predicted molar refractivity (Wildman–Crippen MR) is 71.1 cm³/mol. The van der Waals surface area contributed by atoms with Crippen LogP contribution in [-0.2, 0) is 0 Å². The van der Waals surface area contributed by atoms with Crippen molar-refractivity contribution in [2.45, 2.75) is 18.9 Å². The molecule has 17 heavy (non-hydrogen) atoms. The number of rotatable bonds is 1. The summed E-state index contributed by atoms with van der Waals surface area (Å²) in [6, 6.07) is 6.82. The smallest absolute Gasteiger partial charge is 0.226 e. The van der Waals surface area contributed by atoms with Crippen molar-refractivity contribution in [1.82, 2.24) is 9.97 Å². The lowest BCUT2D eigenvalue weighted by Crippen LogP contribution is -2.24. The van der Waals surface area contributed by atoms with Crippen molar-refractivity contribution < 1.29 is 0 Å². The van der Waals surface area contributed by atoms with Crippen molar-refractivity contribution in [1.29, 1.82) is 0 Å². The Labute approximate surface area is 108 Å². The largest absolute Gasteiger partial charge is 0.338 e. The number of hydrogen-bond acceptors (Lipinski definition) is 3. The predicted octanol–water partition coefficient (Wildman–Crippen LogP) is 2.99. The topological polar surface area (TPSA) is 29.0 Å². The molecule has 0 radical (unpaired) electrons. The van der Waals surface area contributed by atoms with Gasteiger partial charge in [-0.3, -0.25) is 0 Å². The van der Waals surface area contributed by atoms with E-state index >= 15 is 0 Å². The number of benzene rings is 1. The standard InChI is InChI=1S/C13H12BrN3/c14-10-2-1-3-11-9(10)7-15-13(16-11)17-5-4-8-6-12(8)17/h1-3,7-8,12H,4-6H2. The van der Waals surface area contributed by atoms with E-state index in [9.17, 15) is 0 Å². The molecule has 1 aliphatic carbocycles. The van der Waals surface area contributed by atoms with Crippen LogP contribution in [0.3, 0.4) is 0 Å². The van der Waals surface area contributed by atoms with Crippen LogP contribution in [0.2, 0.25) is 0 Å². The Morgan fingerprint density at radius 2 is 2.29 bits per heavy atom. The molecule has 2 aliphatic rings. The maximum Gasteiger partial charge on any atom is 0.226 e. The SMILES string of the molecule is Brc1cccc2nc(N3CCC4CC43)ncc12. The molecular weight excluding hydrogens is 278 g/mol. The highest BCUT2D eigenvalue weighted by Gasteiger charge is 2.47. The van der Waals surface area contributed by atoms with Crippen molar-refractivity contribution in [3.8, 4) is 0 Å². The Morgan fingerprint density at radius 1 is 1.35 bits per heavy atom. The molecule has 1 saturated heterocycles. The maximum absolute atomic E-state index is 4.68. The summed E-state index contributed by atoms with van der Waals surface area (Å²) in [5.74, 6) is 1.82. The molecule has 2 atom stereocenters. The summed E-state index contributed by atoms with van der Waals surface area (Å²) in [6.45, 7) is 1.12. The van der Waals surface area contributed by atoms with Gasteiger partial charge in [0.25, 0.3) is 0 Å². The van der Waals surface area contributed by atoms with Gasteiger partial charge in [-0.15, -0.1) is 0 Å². The number of halogens is 1. The Kier molecular flexibility index (Phi) is 1.98.